The average molecular weight is 245 g/mol. The lowest BCUT2D eigenvalue weighted by atomic mass is 9.95. The maximum atomic E-state index is 6.03. The molecule has 1 heteroatoms. The standard InChI is InChI=1S/C15H29Cl/c16-14-15-12-10-8-6-4-2-1-3-5-7-9-11-13-15/h15H,1-14H2. The van der Waals surface area contributed by atoms with E-state index in [4.69, 9.17) is 11.6 Å². The van der Waals surface area contributed by atoms with E-state index in [1.165, 1.54) is 83.5 Å². The summed E-state index contributed by atoms with van der Waals surface area (Å²) in [5, 5.41) is 0. The fourth-order valence-corrected chi connectivity index (χ4v) is 3.06. The highest BCUT2D eigenvalue weighted by Crippen LogP contribution is 2.21. The van der Waals surface area contributed by atoms with Crippen LogP contribution in [0.25, 0.3) is 0 Å². The third-order valence-electron chi connectivity index (χ3n) is 3.94. The molecule has 0 unspecified atom stereocenters. The number of hydrogen-bond acceptors (Lipinski definition) is 0. The third-order valence-corrected chi connectivity index (χ3v) is 4.38. The van der Waals surface area contributed by atoms with Crippen molar-refractivity contribution in [1.82, 2.24) is 0 Å². The molecule has 0 aromatic rings. The number of alkyl halides is 1. The highest BCUT2D eigenvalue weighted by Gasteiger charge is 2.07. The van der Waals surface area contributed by atoms with E-state index in [1.54, 1.807) is 0 Å². The monoisotopic (exact) mass is 244 g/mol. The van der Waals surface area contributed by atoms with Gasteiger partial charge in [-0.25, -0.2) is 0 Å². The first-order chi connectivity index (χ1) is 7.93. The van der Waals surface area contributed by atoms with Crippen molar-refractivity contribution in [1.29, 1.82) is 0 Å². The summed E-state index contributed by atoms with van der Waals surface area (Å²) in [6.07, 6.45) is 18.7. The Kier molecular flexibility index (Phi) is 9.37. The van der Waals surface area contributed by atoms with E-state index < -0.39 is 0 Å². The van der Waals surface area contributed by atoms with Gasteiger partial charge in [0.2, 0.25) is 0 Å². The summed E-state index contributed by atoms with van der Waals surface area (Å²) in [6, 6.07) is 0. The minimum absolute atomic E-state index is 0.810. The lowest BCUT2D eigenvalue weighted by Gasteiger charge is -2.14. The van der Waals surface area contributed by atoms with Gasteiger partial charge in [-0.15, -0.1) is 11.6 Å². The Bertz CT molecular complexity index is 130. The zero-order chi connectivity index (χ0) is 11.5. The summed E-state index contributed by atoms with van der Waals surface area (Å²) in [6.45, 7) is 0. The van der Waals surface area contributed by atoms with Crippen LogP contribution in [0.1, 0.15) is 83.5 Å². The lowest BCUT2D eigenvalue weighted by Crippen LogP contribution is -2.02. The molecule has 1 saturated carbocycles. The molecular weight excluding hydrogens is 216 g/mol. The van der Waals surface area contributed by atoms with Crippen molar-refractivity contribution < 1.29 is 0 Å². The largest absolute Gasteiger partial charge is 0.126 e. The van der Waals surface area contributed by atoms with Gasteiger partial charge in [0, 0.05) is 5.88 Å². The SMILES string of the molecule is ClCC1CCCCCCCCCCCCC1. The summed E-state index contributed by atoms with van der Waals surface area (Å²) in [7, 11) is 0. The second-order valence-electron chi connectivity index (χ2n) is 5.49. The molecule has 1 aliphatic rings. The van der Waals surface area contributed by atoms with Crippen LogP contribution in [-0.2, 0) is 0 Å². The maximum absolute atomic E-state index is 6.03. The molecule has 1 aliphatic carbocycles. The number of rotatable bonds is 1. The van der Waals surface area contributed by atoms with Gasteiger partial charge in [-0.2, -0.15) is 0 Å². The third kappa shape index (κ3) is 7.54. The predicted octanol–water partition coefficient (Wildman–Crippen LogP) is 5.93. The second-order valence-corrected chi connectivity index (χ2v) is 5.80. The lowest BCUT2D eigenvalue weighted by molar-refractivity contribution is 0.427. The molecule has 0 nitrogen and oxygen atoms in total. The molecule has 0 amide bonds. The van der Waals surface area contributed by atoms with Gasteiger partial charge in [0.05, 0.1) is 0 Å². The number of halogens is 1. The Morgan fingerprint density at radius 1 is 0.562 bits per heavy atom. The van der Waals surface area contributed by atoms with Crippen LogP contribution in [0.5, 0.6) is 0 Å². The van der Waals surface area contributed by atoms with Gasteiger partial charge < -0.3 is 0 Å². The fourth-order valence-electron chi connectivity index (χ4n) is 2.76. The van der Waals surface area contributed by atoms with Crippen LogP contribution in [0.3, 0.4) is 0 Å². The van der Waals surface area contributed by atoms with Crippen molar-refractivity contribution in [2.75, 3.05) is 5.88 Å². The maximum Gasteiger partial charge on any atom is 0.0251 e. The van der Waals surface area contributed by atoms with E-state index in [-0.39, 0.29) is 0 Å². The molecule has 0 atom stereocenters. The molecule has 1 rings (SSSR count). The van der Waals surface area contributed by atoms with Crippen molar-refractivity contribution in [3.63, 3.8) is 0 Å². The van der Waals surface area contributed by atoms with Gasteiger partial charge in [0.15, 0.2) is 0 Å². The summed E-state index contributed by atoms with van der Waals surface area (Å²) in [4.78, 5) is 0. The molecule has 0 spiro atoms. The fraction of sp³-hybridized carbons (Fsp3) is 1.00. The van der Waals surface area contributed by atoms with Crippen LogP contribution in [0, 0.1) is 5.92 Å². The van der Waals surface area contributed by atoms with Crippen LogP contribution in [0.2, 0.25) is 0 Å². The Labute approximate surface area is 107 Å². The Balaban J connectivity index is 2.16. The first kappa shape index (κ1) is 14.4. The van der Waals surface area contributed by atoms with Gasteiger partial charge in [-0.1, -0.05) is 70.6 Å². The van der Waals surface area contributed by atoms with Gasteiger partial charge in [-0.3, -0.25) is 0 Å². The predicted molar refractivity (Wildman–Crippen MR) is 74.2 cm³/mol. The summed E-state index contributed by atoms with van der Waals surface area (Å²) >= 11 is 6.03. The zero-order valence-corrected chi connectivity index (χ0v) is 11.6. The smallest absolute Gasteiger partial charge is 0.0251 e. The van der Waals surface area contributed by atoms with E-state index in [9.17, 15) is 0 Å². The molecule has 0 bridgehead atoms. The molecule has 0 aromatic heterocycles. The number of hydrogen-bond donors (Lipinski definition) is 0. The molecule has 0 saturated heterocycles. The van der Waals surface area contributed by atoms with Crippen molar-refractivity contribution in [3.05, 3.63) is 0 Å². The Hall–Kier alpha value is 0.290. The van der Waals surface area contributed by atoms with E-state index in [2.05, 4.69) is 0 Å². The zero-order valence-electron chi connectivity index (χ0n) is 10.9. The van der Waals surface area contributed by atoms with Crippen molar-refractivity contribution >= 4 is 11.6 Å². The van der Waals surface area contributed by atoms with Crippen molar-refractivity contribution in [2.45, 2.75) is 83.5 Å². The summed E-state index contributed by atoms with van der Waals surface area (Å²) in [5.74, 6) is 1.70. The highest BCUT2D eigenvalue weighted by atomic mass is 35.5. The molecule has 0 radical (unpaired) electrons. The van der Waals surface area contributed by atoms with Gasteiger partial charge in [-0.05, 0) is 18.8 Å². The average Bonchev–Trinajstić information content (AvgIpc) is 2.32. The van der Waals surface area contributed by atoms with Crippen molar-refractivity contribution in [3.8, 4) is 0 Å². The normalized spacial score (nSPS) is 23.8. The van der Waals surface area contributed by atoms with E-state index in [0.29, 0.717) is 0 Å². The van der Waals surface area contributed by atoms with Crippen LogP contribution in [0.15, 0.2) is 0 Å². The molecule has 96 valence electrons. The van der Waals surface area contributed by atoms with Crippen LogP contribution >= 0.6 is 11.6 Å². The minimum Gasteiger partial charge on any atom is -0.126 e. The van der Waals surface area contributed by atoms with Crippen LogP contribution in [0.4, 0.5) is 0 Å². The van der Waals surface area contributed by atoms with Crippen LogP contribution in [-0.4, -0.2) is 5.88 Å². The van der Waals surface area contributed by atoms with Crippen LogP contribution < -0.4 is 0 Å². The molecule has 0 N–H and O–H groups in total. The minimum atomic E-state index is 0.810. The molecule has 0 aromatic carbocycles. The summed E-state index contributed by atoms with van der Waals surface area (Å²) in [5.41, 5.74) is 0. The Morgan fingerprint density at radius 2 is 0.875 bits per heavy atom. The molecule has 16 heavy (non-hydrogen) atoms. The first-order valence-corrected chi connectivity index (χ1v) is 8.03. The van der Waals surface area contributed by atoms with Gasteiger partial charge in [0.1, 0.15) is 0 Å². The Morgan fingerprint density at radius 3 is 1.19 bits per heavy atom. The van der Waals surface area contributed by atoms with E-state index in [1.807, 2.05) is 0 Å². The highest BCUT2D eigenvalue weighted by molar-refractivity contribution is 6.18. The van der Waals surface area contributed by atoms with E-state index >= 15 is 0 Å². The topological polar surface area (TPSA) is 0 Å². The van der Waals surface area contributed by atoms with Crippen molar-refractivity contribution in [2.24, 2.45) is 5.92 Å². The van der Waals surface area contributed by atoms with Gasteiger partial charge in [0.25, 0.3) is 0 Å². The second kappa shape index (κ2) is 10.4. The summed E-state index contributed by atoms with van der Waals surface area (Å²) < 4.78 is 0. The molecular formula is C15H29Cl. The molecule has 0 aliphatic heterocycles. The quantitative estimate of drug-likeness (QED) is 0.502. The van der Waals surface area contributed by atoms with E-state index in [0.717, 1.165) is 11.8 Å². The molecule has 0 heterocycles. The molecule has 1 fully saturated rings. The first-order valence-electron chi connectivity index (χ1n) is 7.49. The van der Waals surface area contributed by atoms with Gasteiger partial charge >= 0.3 is 0 Å².